The first kappa shape index (κ1) is 12.0. The molecule has 0 spiro atoms. The molecule has 0 bridgehead atoms. The van der Waals surface area contributed by atoms with Crippen LogP contribution >= 0.6 is 0 Å². The number of amides is 1. The third kappa shape index (κ3) is 2.42. The van der Waals surface area contributed by atoms with Crippen LogP contribution in [0.5, 0.6) is 0 Å². The van der Waals surface area contributed by atoms with Crippen molar-refractivity contribution in [2.75, 3.05) is 0 Å². The van der Waals surface area contributed by atoms with Crippen LogP contribution in [0.3, 0.4) is 0 Å². The highest BCUT2D eigenvalue weighted by Gasteiger charge is 2.14. The Bertz CT molecular complexity index is 603. The second kappa shape index (κ2) is 4.78. The summed E-state index contributed by atoms with van der Waals surface area (Å²) < 4.78 is 1.11. The van der Waals surface area contributed by atoms with E-state index in [2.05, 4.69) is 25.6 Å². The van der Waals surface area contributed by atoms with Gasteiger partial charge in [0.05, 0.1) is 6.04 Å². The molecule has 8 nitrogen and oxygen atoms in total. The Labute approximate surface area is 102 Å². The average Bonchev–Trinajstić information content (AvgIpc) is 2.86. The molecule has 1 amide bonds. The van der Waals surface area contributed by atoms with Crippen LogP contribution in [0.15, 0.2) is 23.3 Å². The molecule has 2 aromatic rings. The van der Waals surface area contributed by atoms with Crippen molar-refractivity contribution in [3.63, 3.8) is 0 Å². The highest BCUT2D eigenvalue weighted by atomic mass is 16.2. The second-order valence-electron chi connectivity index (χ2n) is 3.75. The van der Waals surface area contributed by atoms with E-state index in [9.17, 15) is 9.59 Å². The molecule has 1 unspecified atom stereocenters. The van der Waals surface area contributed by atoms with Crippen molar-refractivity contribution >= 4 is 5.91 Å². The van der Waals surface area contributed by atoms with Crippen LogP contribution in [-0.4, -0.2) is 30.9 Å². The molecule has 2 rings (SSSR count). The number of carbonyl (C=O) groups excluding carboxylic acids is 1. The third-order valence-corrected chi connectivity index (χ3v) is 2.38. The molecule has 0 radical (unpaired) electrons. The maximum Gasteiger partial charge on any atom is 0.272 e. The minimum atomic E-state index is -0.380. The van der Waals surface area contributed by atoms with Crippen molar-refractivity contribution < 1.29 is 4.79 Å². The van der Waals surface area contributed by atoms with Gasteiger partial charge in [-0.05, 0) is 13.0 Å². The third-order valence-electron chi connectivity index (χ3n) is 2.38. The summed E-state index contributed by atoms with van der Waals surface area (Å²) in [6.07, 6.45) is 1.36. The van der Waals surface area contributed by atoms with E-state index >= 15 is 0 Å². The fraction of sp³-hybridized carbons (Fsp3) is 0.300. The Morgan fingerprint density at radius 2 is 2.28 bits per heavy atom. The zero-order chi connectivity index (χ0) is 13.1. The number of nitrogens with one attached hydrogen (secondary N) is 2. The first-order valence-electron chi connectivity index (χ1n) is 5.28. The lowest BCUT2D eigenvalue weighted by Crippen LogP contribution is -2.30. The van der Waals surface area contributed by atoms with Crippen LogP contribution in [0, 0.1) is 0 Å². The summed E-state index contributed by atoms with van der Waals surface area (Å²) in [5.74, 6) is 0.169. The zero-order valence-corrected chi connectivity index (χ0v) is 9.91. The monoisotopic (exact) mass is 248 g/mol. The molecule has 0 aliphatic heterocycles. The summed E-state index contributed by atoms with van der Waals surface area (Å²) in [5.41, 5.74) is -0.0988. The van der Waals surface area contributed by atoms with Crippen molar-refractivity contribution in [1.82, 2.24) is 30.3 Å². The number of aryl methyl sites for hydroxylation is 1. The van der Waals surface area contributed by atoms with Gasteiger partial charge < -0.3 is 5.32 Å². The summed E-state index contributed by atoms with van der Waals surface area (Å²) >= 11 is 0. The maximum absolute atomic E-state index is 11.9. The molecule has 1 atom stereocenters. The average molecular weight is 248 g/mol. The molecule has 94 valence electrons. The number of hydrogen-bond donors (Lipinski definition) is 2. The molecule has 2 aromatic heterocycles. The standard InChI is InChI=1S/C10H12N6O2/c1-6(9-11-5-12-14-9)13-10(18)7-3-4-8(17)16(2)15-7/h3-6H,1-2H3,(H,13,18)(H,11,12,14). The van der Waals surface area contributed by atoms with Crippen LogP contribution in [0.4, 0.5) is 0 Å². The second-order valence-corrected chi connectivity index (χ2v) is 3.75. The summed E-state index contributed by atoms with van der Waals surface area (Å²) in [4.78, 5) is 26.9. The summed E-state index contributed by atoms with van der Waals surface area (Å²) in [6.45, 7) is 1.76. The van der Waals surface area contributed by atoms with Crippen LogP contribution < -0.4 is 10.9 Å². The lowest BCUT2D eigenvalue weighted by Gasteiger charge is -2.10. The maximum atomic E-state index is 11.9. The predicted molar refractivity (Wildman–Crippen MR) is 61.7 cm³/mol. The molecule has 0 fully saturated rings. The zero-order valence-electron chi connectivity index (χ0n) is 9.91. The number of nitrogens with zero attached hydrogens (tertiary/aromatic N) is 4. The Balaban J connectivity index is 2.12. The number of aromatic nitrogens is 5. The van der Waals surface area contributed by atoms with E-state index in [0.717, 1.165) is 4.68 Å². The summed E-state index contributed by atoms with van der Waals surface area (Å²) in [6, 6.07) is 2.35. The molecule has 0 aliphatic carbocycles. The van der Waals surface area contributed by atoms with Crippen LogP contribution in [-0.2, 0) is 7.05 Å². The normalized spacial score (nSPS) is 12.1. The fourth-order valence-electron chi connectivity index (χ4n) is 1.39. The molecule has 0 saturated heterocycles. The number of hydrogen-bond acceptors (Lipinski definition) is 5. The highest BCUT2D eigenvalue weighted by Crippen LogP contribution is 2.05. The molecule has 0 aromatic carbocycles. The van der Waals surface area contributed by atoms with E-state index in [1.807, 2.05) is 0 Å². The van der Waals surface area contributed by atoms with E-state index in [1.54, 1.807) is 6.92 Å². The molecule has 2 heterocycles. The van der Waals surface area contributed by atoms with Gasteiger partial charge in [-0.1, -0.05) is 0 Å². The fourth-order valence-corrected chi connectivity index (χ4v) is 1.39. The van der Waals surface area contributed by atoms with Gasteiger partial charge in [0.2, 0.25) is 0 Å². The van der Waals surface area contributed by atoms with Gasteiger partial charge in [0.1, 0.15) is 17.8 Å². The molecule has 18 heavy (non-hydrogen) atoms. The Kier molecular flexibility index (Phi) is 3.18. The Hall–Kier alpha value is -2.51. The van der Waals surface area contributed by atoms with E-state index in [1.165, 1.54) is 25.5 Å². The topological polar surface area (TPSA) is 106 Å². The van der Waals surface area contributed by atoms with Gasteiger partial charge in [-0.15, -0.1) is 0 Å². The van der Waals surface area contributed by atoms with Gasteiger partial charge in [0, 0.05) is 13.1 Å². The van der Waals surface area contributed by atoms with Crippen molar-refractivity contribution in [2.45, 2.75) is 13.0 Å². The van der Waals surface area contributed by atoms with Gasteiger partial charge in [0.15, 0.2) is 0 Å². The highest BCUT2D eigenvalue weighted by molar-refractivity contribution is 5.92. The van der Waals surface area contributed by atoms with Crippen molar-refractivity contribution in [1.29, 1.82) is 0 Å². The van der Waals surface area contributed by atoms with Gasteiger partial charge in [-0.2, -0.15) is 10.2 Å². The van der Waals surface area contributed by atoms with E-state index in [4.69, 9.17) is 0 Å². The van der Waals surface area contributed by atoms with Crippen LogP contribution in [0.25, 0.3) is 0 Å². The molecular weight excluding hydrogens is 236 g/mol. The number of H-pyrrole nitrogens is 1. The van der Waals surface area contributed by atoms with E-state index in [-0.39, 0.29) is 23.2 Å². The van der Waals surface area contributed by atoms with Crippen LogP contribution in [0.1, 0.15) is 29.3 Å². The number of rotatable bonds is 3. The minimum Gasteiger partial charge on any atom is -0.341 e. The molecule has 0 aliphatic rings. The van der Waals surface area contributed by atoms with Crippen molar-refractivity contribution in [2.24, 2.45) is 7.05 Å². The van der Waals surface area contributed by atoms with Crippen molar-refractivity contribution in [3.05, 3.63) is 40.3 Å². The SMILES string of the molecule is CC(NC(=O)c1ccc(=O)n(C)n1)c1ncn[nH]1. The van der Waals surface area contributed by atoms with Crippen LogP contribution in [0.2, 0.25) is 0 Å². The summed E-state index contributed by atoms with van der Waals surface area (Å²) in [5, 5.41) is 12.9. The largest absolute Gasteiger partial charge is 0.341 e. The van der Waals surface area contributed by atoms with Gasteiger partial charge >= 0.3 is 0 Å². The first-order chi connectivity index (χ1) is 8.58. The van der Waals surface area contributed by atoms with E-state index < -0.39 is 0 Å². The smallest absolute Gasteiger partial charge is 0.272 e. The van der Waals surface area contributed by atoms with Gasteiger partial charge in [-0.3, -0.25) is 14.7 Å². The molecule has 8 heteroatoms. The van der Waals surface area contributed by atoms with Gasteiger partial charge in [-0.25, -0.2) is 9.67 Å². The lowest BCUT2D eigenvalue weighted by molar-refractivity contribution is 0.0931. The predicted octanol–water partition coefficient (Wildman–Crippen LogP) is -0.611. The molecule has 2 N–H and O–H groups in total. The Morgan fingerprint density at radius 1 is 1.50 bits per heavy atom. The minimum absolute atomic E-state index is 0.170. The molecular formula is C10H12N6O2. The van der Waals surface area contributed by atoms with Gasteiger partial charge in [0.25, 0.3) is 11.5 Å². The molecule has 0 saturated carbocycles. The van der Waals surface area contributed by atoms with E-state index in [0.29, 0.717) is 5.82 Å². The number of carbonyl (C=O) groups is 1. The summed E-state index contributed by atoms with van der Waals surface area (Å²) in [7, 11) is 1.49. The Morgan fingerprint density at radius 3 is 2.89 bits per heavy atom. The van der Waals surface area contributed by atoms with Crippen molar-refractivity contribution in [3.8, 4) is 0 Å². The quantitative estimate of drug-likeness (QED) is 0.753. The first-order valence-corrected chi connectivity index (χ1v) is 5.28. The number of aromatic amines is 1. The lowest BCUT2D eigenvalue weighted by atomic mass is 10.3.